The van der Waals surface area contributed by atoms with E-state index in [0.717, 1.165) is 25.3 Å². The molecule has 0 aliphatic rings. The molecule has 0 aromatic heterocycles. The lowest BCUT2D eigenvalue weighted by Crippen LogP contribution is -2.36. The fraction of sp³-hybridized carbons (Fsp3) is 0.625. The molecule has 0 amide bonds. The van der Waals surface area contributed by atoms with Crippen molar-refractivity contribution in [3.05, 3.63) is 28.8 Å². The molecule has 108 valence electrons. The zero-order chi connectivity index (χ0) is 14.5. The molecule has 0 unspecified atom stereocenters. The lowest BCUT2D eigenvalue weighted by Gasteiger charge is -2.23. The minimum absolute atomic E-state index is 0.171. The Morgan fingerprint density at radius 1 is 1.21 bits per heavy atom. The van der Waals surface area contributed by atoms with Gasteiger partial charge in [0.15, 0.2) is 0 Å². The van der Waals surface area contributed by atoms with E-state index in [4.69, 9.17) is 10.5 Å². The van der Waals surface area contributed by atoms with E-state index < -0.39 is 0 Å². The molecule has 1 rings (SSSR count). The molecular formula is C16H28N2O. The number of nitrogens with one attached hydrogen (secondary N) is 1. The molecule has 0 atom stereocenters. The number of hydrogen-bond acceptors (Lipinski definition) is 3. The summed E-state index contributed by atoms with van der Waals surface area (Å²) in [7, 11) is 1.72. The summed E-state index contributed by atoms with van der Waals surface area (Å²) in [4.78, 5) is 0. The third-order valence-electron chi connectivity index (χ3n) is 3.80. The van der Waals surface area contributed by atoms with E-state index in [0.29, 0.717) is 6.54 Å². The zero-order valence-corrected chi connectivity index (χ0v) is 13.0. The predicted octanol–water partition coefficient (Wildman–Crippen LogP) is 2.43. The third-order valence-corrected chi connectivity index (χ3v) is 3.80. The first-order valence-corrected chi connectivity index (χ1v) is 6.95. The van der Waals surface area contributed by atoms with Crippen molar-refractivity contribution in [1.29, 1.82) is 0 Å². The molecule has 19 heavy (non-hydrogen) atoms. The van der Waals surface area contributed by atoms with Gasteiger partial charge in [-0.05, 0) is 61.5 Å². The Morgan fingerprint density at radius 3 is 2.47 bits per heavy atom. The van der Waals surface area contributed by atoms with Crippen LogP contribution in [-0.4, -0.2) is 26.7 Å². The average molecular weight is 264 g/mol. The molecule has 0 fully saturated rings. The topological polar surface area (TPSA) is 47.3 Å². The molecule has 3 heteroatoms. The highest BCUT2D eigenvalue weighted by molar-refractivity contribution is 5.43. The number of methoxy groups -OCH3 is 1. The Bertz CT molecular complexity index is 413. The normalized spacial score (nSPS) is 11.7. The van der Waals surface area contributed by atoms with Crippen LogP contribution in [0.25, 0.3) is 0 Å². The number of benzene rings is 1. The standard InChI is InChI=1S/C16H28N2O/c1-12-13(2)15(19-5)7-6-14(12)8-9-18-11-16(3,4)10-17/h6-7,18H,8-11,17H2,1-5H3. The highest BCUT2D eigenvalue weighted by Crippen LogP contribution is 2.24. The largest absolute Gasteiger partial charge is 0.496 e. The zero-order valence-electron chi connectivity index (χ0n) is 13.0. The van der Waals surface area contributed by atoms with Crippen LogP contribution >= 0.6 is 0 Å². The van der Waals surface area contributed by atoms with Gasteiger partial charge in [-0.25, -0.2) is 0 Å². The van der Waals surface area contributed by atoms with Gasteiger partial charge in [0.1, 0.15) is 5.75 Å². The molecule has 1 aromatic rings. The maximum Gasteiger partial charge on any atom is 0.122 e. The van der Waals surface area contributed by atoms with Crippen LogP contribution in [0.2, 0.25) is 0 Å². The second-order valence-electron chi connectivity index (χ2n) is 5.97. The number of ether oxygens (including phenoxy) is 1. The summed E-state index contributed by atoms with van der Waals surface area (Å²) in [6, 6.07) is 4.22. The highest BCUT2D eigenvalue weighted by atomic mass is 16.5. The van der Waals surface area contributed by atoms with Gasteiger partial charge in [-0.2, -0.15) is 0 Å². The van der Waals surface area contributed by atoms with Crippen molar-refractivity contribution in [3.8, 4) is 5.75 Å². The van der Waals surface area contributed by atoms with E-state index in [-0.39, 0.29) is 5.41 Å². The quantitative estimate of drug-likeness (QED) is 0.744. The van der Waals surface area contributed by atoms with Crippen LogP contribution < -0.4 is 15.8 Å². The Balaban J connectivity index is 2.53. The summed E-state index contributed by atoms with van der Waals surface area (Å²) >= 11 is 0. The van der Waals surface area contributed by atoms with E-state index in [1.54, 1.807) is 7.11 Å². The van der Waals surface area contributed by atoms with Crippen molar-refractivity contribution in [1.82, 2.24) is 5.32 Å². The van der Waals surface area contributed by atoms with E-state index in [2.05, 4.69) is 45.1 Å². The first kappa shape index (κ1) is 16.0. The van der Waals surface area contributed by atoms with Crippen molar-refractivity contribution in [2.45, 2.75) is 34.1 Å². The van der Waals surface area contributed by atoms with Gasteiger partial charge in [-0.1, -0.05) is 19.9 Å². The SMILES string of the molecule is COc1ccc(CCNCC(C)(C)CN)c(C)c1C. The summed E-state index contributed by atoms with van der Waals surface area (Å²) in [5.41, 5.74) is 9.85. The van der Waals surface area contributed by atoms with E-state index in [9.17, 15) is 0 Å². The molecule has 3 N–H and O–H groups in total. The van der Waals surface area contributed by atoms with Crippen LogP contribution in [0.4, 0.5) is 0 Å². The lowest BCUT2D eigenvalue weighted by atomic mass is 9.94. The Kier molecular flexibility index (Phi) is 5.83. The van der Waals surface area contributed by atoms with Gasteiger partial charge in [-0.3, -0.25) is 0 Å². The van der Waals surface area contributed by atoms with Gasteiger partial charge in [0.05, 0.1) is 7.11 Å². The first-order valence-electron chi connectivity index (χ1n) is 6.95. The van der Waals surface area contributed by atoms with Crippen molar-refractivity contribution in [3.63, 3.8) is 0 Å². The number of nitrogens with two attached hydrogens (primary N) is 1. The second kappa shape index (κ2) is 6.92. The van der Waals surface area contributed by atoms with Crippen molar-refractivity contribution < 1.29 is 4.74 Å². The summed E-state index contributed by atoms with van der Waals surface area (Å²) < 4.78 is 5.34. The van der Waals surface area contributed by atoms with E-state index >= 15 is 0 Å². The van der Waals surface area contributed by atoms with Gasteiger partial charge >= 0.3 is 0 Å². The summed E-state index contributed by atoms with van der Waals surface area (Å²) in [6.45, 7) is 11.3. The molecule has 0 bridgehead atoms. The molecular weight excluding hydrogens is 236 g/mol. The van der Waals surface area contributed by atoms with E-state index in [1.807, 2.05) is 0 Å². The summed E-state index contributed by atoms with van der Waals surface area (Å²) in [5, 5.41) is 3.49. The summed E-state index contributed by atoms with van der Waals surface area (Å²) in [6.07, 6.45) is 1.04. The van der Waals surface area contributed by atoms with Crippen molar-refractivity contribution in [2.75, 3.05) is 26.7 Å². The molecule has 0 heterocycles. The van der Waals surface area contributed by atoms with Crippen LogP contribution in [0.1, 0.15) is 30.5 Å². The Labute approximate surface area is 117 Å². The fourth-order valence-corrected chi connectivity index (χ4v) is 2.07. The average Bonchev–Trinajstić information content (AvgIpc) is 2.39. The fourth-order valence-electron chi connectivity index (χ4n) is 2.07. The monoisotopic (exact) mass is 264 g/mol. The summed E-state index contributed by atoms with van der Waals surface area (Å²) in [5.74, 6) is 0.971. The molecule has 0 saturated heterocycles. The van der Waals surface area contributed by atoms with Gasteiger partial charge in [0, 0.05) is 6.54 Å². The van der Waals surface area contributed by atoms with Gasteiger partial charge in [0.25, 0.3) is 0 Å². The molecule has 1 aromatic carbocycles. The van der Waals surface area contributed by atoms with Crippen LogP contribution in [-0.2, 0) is 6.42 Å². The lowest BCUT2D eigenvalue weighted by molar-refractivity contribution is 0.353. The van der Waals surface area contributed by atoms with Gasteiger partial charge in [-0.15, -0.1) is 0 Å². The Hall–Kier alpha value is -1.06. The molecule has 0 aliphatic carbocycles. The van der Waals surface area contributed by atoms with Crippen molar-refractivity contribution in [2.24, 2.45) is 11.1 Å². The second-order valence-corrected chi connectivity index (χ2v) is 5.97. The smallest absolute Gasteiger partial charge is 0.122 e. The molecule has 0 aliphatic heterocycles. The van der Waals surface area contributed by atoms with E-state index in [1.165, 1.54) is 16.7 Å². The molecule has 3 nitrogen and oxygen atoms in total. The first-order chi connectivity index (χ1) is 8.91. The maximum absolute atomic E-state index is 5.72. The van der Waals surface area contributed by atoms with Crippen LogP contribution in [0.5, 0.6) is 5.75 Å². The highest BCUT2D eigenvalue weighted by Gasteiger charge is 2.14. The van der Waals surface area contributed by atoms with Gasteiger partial charge < -0.3 is 15.8 Å². The van der Waals surface area contributed by atoms with Crippen LogP contribution in [0.3, 0.4) is 0 Å². The maximum atomic E-state index is 5.72. The number of hydrogen-bond donors (Lipinski definition) is 2. The van der Waals surface area contributed by atoms with Gasteiger partial charge in [0.2, 0.25) is 0 Å². The molecule has 0 saturated carbocycles. The minimum Gasteiger partial charge on any atom is -0.496 e. The molecule has 0 radical (unpaired) electrons. The van der Waals surface area contributed by atoms with Crippen LogP contribution in [0, 0.1) is 19.3 Å². The van der Waals surface area contributed by atoms with Crippen molar-refractivity contribution >= 4 is 0 Å². The third kappa shape index (κ3) is 4.51. The van der Waals surface area contributed by atoms with Crippen LogP contribution in [0.15, 0.2) is 12.1 Å². The Morgan fingerprint density at radius 2 is 1.89 bits per heavy atom. The minimum atomic E-state index is 0.171. The molecule has 0 spiro atoms. The number of rotatable bonds is 7. The predicted molar refractivity (Wildman–Crippen MR) is 81.9 cm³/mol.